The second-order valence-corrected chi connectivity index (χ2v) is 8.98. The SMILES string of the molecule is Cn1cc(CCC(=O)N2CCCC[C@H]2c2[nH]ncc2C(=O)N2CCOCC2)c2ccccc21. The minimum atomic E-state index is -0.138. The minimum Gasteiger partial charge on any atom is -0.378 e. The van der Waals surface area contributed by atoms with Crippen LogP contribution in [-0.4, -0.2) is 69.2 Å². The molecular weight excluding hydrogens is 418 g/mol. The predicted molar refractivity (Wildman–Crippen MR) is 125 cm³/mol. The molecule has 3 aromatic rings. The maximum atomic E-state index is 13.4. The molecule has 2 fully saturated rings. The lowest BCUT2D eigenvalue weighted by Crippen LogP contribution is -2.42. The van der Waals surface area contributed by atoms with Crippen molar-refractivity contribution in [2.75, 3.05) is 32.8 Å². The van der Waals surface area contributed by atoms with Gasteiger partial charge in [0.2, 0.25) is 5.91 Å². The van der Waals surface area contributed by atoms with E-state index in [1.165, 1.54) is 16.5 Å². The quantitative estimate of drug-likeness (QED) is 0.649. The lowest BCUT2D eigenvalue weighted by atomic mass is 9.95. The second kappa shape index (κ2) is 9.39. The van der Waals surface area contributed by atoms with Crippen LogP contribution in [0.4, 0.5) is 0 Å². The van der Waals surface area contributed by atoms with Gasteiger partial charge in [0.05, 0.1) is 36.7 Å². The molecule has 0 spiro atoms. The normalized spacial score (nSPS) is 19.2. The number of piperidine rings is 1. The molecule has 2 aromatic heterocycles. The monoisotopic (exact) mass is 449 g/mol. The highest BCUT2D eigenvalue weighted by atomic mass is 16.5. The number of aromatic amines is 1. The number of likely N-dealkylation sites (tertiary alicyclic amines) is 1. The number of morpholine rings is 1. The molecule has 2 amide bonds. The summed E-state index contributed by atoms with van der Waals surface area (Å²) in [5, 5.41) is 8.45. The van der Waals surface area contributed by atoms with Crippen LogP contribution < -0.4 is 0 Å². The highest BCUT2D eigenvalue weighted by Crippen LogP contribution is 2.33. The molecule has 0 saturated carbocycles. The van der Waals surface area contributed by atoms with Crippen molar-refractivity contribution in [3.05, 3.63) is 53.5 Å². The summed E-state index contributed by atoms with van der Waals surface area (Å²) in [7, 11) is 2.04. The molecule has 0 unspecified atom stereocenters. The van der Waals surface area contributed by atoms with Crippen LogP contribution in [0.1, 0.15) is 53.3 Å². The van der Waals surface area contributed by atoms with Crippen molar-refractivity contribution < 1.29 is 14.3 Å². The Morgan fingerprint density at radius 1 is 1.15 bits per heavy atom. The number of para-hydroxylation sites is 1. The summed E-state index contributed by atoms with van der Waals surface area (Å²) in [6.45, 7) is 3.00. The minimum absolute atomic E-state index is 0.0317. The molecule has 1 N–H and O–H groups in total. The van der Waals surface area contributed by atoms with Crippen LogP contribution in [0.3, 0.4) is 0 Å². The summed E-state index contributed by atoms with van der Waals surface area (Å²) < 4.78 is 7.50. The van der Waals surface area contributed by atoms with Gasteiger partial charge in [-0.15, -0.1) is 0 Å². The summed E-state index contributed by atoms with van der Waals surface area (Å²) in [6.07, 6.45) is 7.74. The largest absolute Gasteiger partial charge is 0.378 e. The predicted octanol–water partition coefficient (Wildman–Crippen LogP) is 3.06. The number of H-pyrrole nitrogens is 1. The first kappa shape index (κ1) is 21.7. The Morgan fingerprint density at radius 3 is 2.82 bits per heavy atom. The number of rotatable bonds is 5. The summed E-state index contributed by atoms with van der Waals surface area (Å²) in [5.41, 5.74) is 3.72. The van der Waals surface area contributed by atoms with Crippen molar-refractivity contribution in [1.29, 1.82) is 0 Å². The zero-order valence-electron chi connectivity index (χ0n) is 19.1. The van der Waals surface area contributed by atoms with E-state index in [9.17, 15) is 9.59 Å². The maximum Gasteiger partial charge on any atom is 0.257 e. The Bertz CT molecular complexity index is 1140. The fourth-order valence-electron chi connectivity index (χ4n) is 5.20. The van der Waals surface area contributed by atoms with E-state index in [2.05, 4.69) is 33.1 Å². The molecule has 2 aliphatic heterocycles. The molecule has 174 valence electrons. The zero-order chi connectivity index (χ0) is 22.8. The highest BCUT2D eigenvalue weighted by Gasteiger charge is 2.33. The summed E-state index contributed by atoms with van der Waals surface area (Å²) >= 11 is 0. The lowest BCUT2D eigenvalue weighted by molar-refractivity contribution is -0.135. The summed E-state index contributed by atoms with van der Waals surface area (Å²) in [4.78, 5) is 30.3. The number of fused-ring (bicyclic) bond motifs is 1. The van der Waals surface area contributed by atoms with Gasteiger partial charge in [0.25, 0.3) is 5.91 Å². The summed E-state index contributed by atoms with van der Waals surface area (Å²) in [6, 6.07) is 8.16. The molecular formula is C25H31N5O3. The van der Waals surface area contributed by atoms with E-state index in [1.807, 2.05) is 29.0 Å². The van der Waals surface area contributed by atoms with Gasteiger partial charge in [-0.25, -0.2) is 0 Å². The highest BCUT2D eigenvalue weighted by molar-refractivity contribution is 5.95. The number of nitrogens with one attached hydrogen (secondary N) is 1. The average Bonchev–Trinajstić information content (AvgIpc) is 3.48. The fraction of sp³-hybridized carbons (Fsp3) is 0.480. The van der Waals surface area contributed by atoms with Gasteiger partial charge < -0.3 is 19.1 Å². The van der Waals surface area contributed by atoms with Crippen LogP contribution in [0.25, 0.3) is 10.9 Å². The average molecular weight is 450 g/mol. The third-order valence-electron chi connectivity index (χ3n) is 6.94. The van der Waals surface area contributed by atoms with Crippen molar-refractivity contribution in [2.24, 2.45) is 7.05 Å². The first-order valence-electron chi connectivity index (χ1n) is 11.9. The number of aryl methyl sites for hydroxylation is 2. The Kier molecular flexibility index (Phi) is 6.17. The maximum absolute atomic E-state index is 13.4. The molecule has 33 heavy (non-hydrogen) atoms. The van der Waals surface area contributed by atoms with Crippen molar-refractivity contribution in [1.82, 2.24) is 24.6 Å². The molecule has 4 heterocycles. The van der Waals surface area contributed by atoms with Gasteiger partial charge in [-0.3, -0.25) is 14.7 Å². The van der Waals surface area contributed by atoms with Gasteiger partial charge in [0.1, 0.15) is 0 Å². The Labute approximate surface area is 193 Å². The standard InChI is InChI=1S/C25H31N5O3/c1-28-17-18(19-6-2-3-7-21(19)28)9-10-23(31)30-11-5-4-8-22(30)24-20(16-26-27-24)25(32)29-12-14-33-15-13-29/h2-3,6-7,16-17,22H,4-5,8-15H2,1H3,(H,26,27)/t22-/m0/s1. The van der Waals surface area contributed by atoms with Crippen LogP contribution in [0, 0.1) is 0 Å². The lowest BCUT2D eigenvalue weighted by Gasteiger charge is -2.36. The number of aromatic nitrogens is 3. The number of ether oxygens (including phenoxy) is 1. The molecule has 2 aliphatic rings. The van der Waals surface area contributed by atoms with Crippen LogP contribution in [-0.2, 0) is 23.0 Å². The summed E-state index contributed by atoms with van der Waals surface area (Å²) in [5.74, 6) is 0.0998. The van der Waals surface area contributed by atoms with Gasteiger partial charge in [-0.05, 0) is 37.3 Å². The van der Waals surface area contributed by atoms with Crippen molar-refractivity contribution >= 4 is 22.7 Å². The number of hydrogen-bond acceptors (Lipinski definition) is 4. The smallest absolute Gasteiger partial charge is 0.257 e. The number of carbonyl (C=O) groups is 2. The first-order valence-corrected chi connectivity index (χ1v) is 11.9. The third-order valence-corrected chi connectivity index (χ3v) is 6.94. The van der Waals surface area contributed by atoms with Crippen LogP contribution in [0.5, 0.6) is 0 Å². The van der Waals surface area contributed by atoms with Gasteiger partial charge in [-0.2, -0.15) is 5.10 Å². The molecule has 0 bridgehead atoms. The van der Waals surface area contributed by atoms with E-state index in [0.717, 1.165) is 25.0 Å². The topological polar surface area (TPSA) is 83.5 Å². The van der Waals surface area contributed by atoms with E-state index >= 15 is 0 Å². The van der Waals surface area contributed by atoms with Crippen molar-refractivity contribution in [3.8, 4) is 0 Å². The molecule has 8 nitrogen and oxygen atoms in total. The van der Waals surface area contributed by atoms with Crippen molar-refractivity contribution in [3.63, 3.8) is 0 Å². The van der Waals surface area contributed by atoms with Crippen LogP contribution in [0.2, 0.25) is 0 Å². The molecule has 0 aliphatic carbocycles. The number of carbonyl (C=O) groups excluding carboxylic acids is 2. The zero-order valence-corrected chi connectivity index (χ0v) is 19.1. The third kappa shape index (κ3) is 4.27. The molecule has 2 saturated heterocycles. The van der Waals surface area contributed by atoms with Crippen LogP contribution in [0.15, 0.2) is 36.7 Å². The van der Waals surface area contributed by atoms with Gasteiger partial charge in [0.15, 0.2) is 0 Å². The van der Waals surface area contributed by atoms with Gasteiger partial charge in [0, 0.05) is 50.2 Å². The molecule has 1 atom stereocenters. The first-order chi connectivity index (χ1) is 16.1. The fourth-order valence-corrected chi connectivity index (χ4v) is 5.20. The molecule has 1 aromatic carbocycles. The number of hydrogen-bond donors (Lipinski definition) is 1. The van der Waals surface area contributed by atoms with E-state index in [1.54, 1.807) is 6.20 Å². The number of benzene rings is 1. The van der Waals surface area contributed by atoms with E-state index in [-0.39, 0.29) is 17.9 Å². The van der Waals surface area contributed by atoms with Crippen LogP contribution >= 0.6 is 0 Å². The number of nitrogens with zero attached hydrogens (tertiary/aromatic N) is 4. The molecule has 5 rings (SSSR count). The Morgan fingerprint density at radius 2 is 1.97 bits per heavy atom. The molecule has 8 heteroatoms. The Hall–Kier alpha value is -3.13. The van der Waals surface area contributed by atoms with E-state index in [4.69, 9.17) is 4.74 Å². The van der Waals surface area contributed by atoms with E-state index in [0.29, 0.717) is 51.3 Å². The molecule has 0 radical (unpaired) electrons. The second-order valence-electron chi connectivity index (χ2n) is 8.98. The van der Waals surface area contributed by atoms with Crippen molar-refractivity contribution in [2.45, 2.75) is 38.1 Å². The van der Waals surface area contributed by atoms with Gasteiger partial charge in [-0.1, -0.05) is 18.2 Å². The number of amides is 2. The Balaban J connectivity index is 1.32. The van der Waals surface area contributed by atoms with Gasteiger partial charge >= 0.3 is 0 Å². The van der Waals surface area contributed by atoms with E-state index < -0.39 is 0 Å².